The third kappa shape index (κ3) is 2.57. The SMILES string of the molecule is O=C(O)Cc1cc(F)c(Cl)c(Cl)c1. The molecule has 0 aliphatic heterocycles. The maximum absolute atomic E-state index is 12.9. The van der Waals surface area contributed by atoms with Gasteiger partial charge in [0.25, 0.3) is 0 Å². The molecule has 1 N–H and O–H groups in total. The summed E-state index contributed by atoms with van der Waals surface area (Å²) in [5, 5.41) is 8.26. The van der Waals surface area contributed by atoms with E-state index in [1.54, 1.807) is 0 Å². The van der Waals surface area contributed by atoms with Crippen molar-refractivity contribution in [2.24, 2.45) is 0 Å². The summed E-state index contributed by atoms with van der Waals surface area (Å²) < 4.78 is 12.9. The zero-order valence-electron chi connectivity index (χ0n) is 6.35. The second-order valence-corrected chi connectivity index (χ2v) is 3.23. The number of hydrogen-bond donors (Lipinski definition) is 1. The summed E-state index contributed by atoms with van der Waals surface area (Å²) >= 11 is 11.0. The number of benzene rings is 1. The molecule has 0 saturated carbocycles. The summed E-state index contributed by atoms with van der Waals surface area (Å²) in [6, 6.07) is 2.39. The van der Waals surface area contributed by atoms with Crippen LogP contribution in [0.15, 0.2) is 12.1 Å². The number of hydrogen-bond acceptors (Lipinski definition) is 1. The van der Waals surface area contributed by atoms with Crippen molar-refractivity contribution < 1.29 is 14.3 Å². The van der Waals surface area contributed by atoms with Crippen LogP contribution in [0.2, 0.25) is 10.0 Å². The van der Waals surface area contributed by atoms with Crippen molar-refractivity contribution in [2.45, 2.75) is 6.42 Å². The second-order valence-electron chi connectivity index (χ2n) is 2.44. The molecule has 0 aliphatic rings. The van der Waals surface area contributed by atoms with Crippen molar-refractivity contribution in [1.82, 2.24) is 0 Å². The molecule has 0 fully saturated rings. The van der Waals surface area contributed by atoms with Gasteiger partial charge in [-0.3, -0.25) is 4.79 Å². The number of carboxylic acid groups (broad SMARTS) is 1. The number of rotatable bonds is 2. The van der Waals surface area contributed by atoms with Gasteiger partial charge >= 0.3 is 5.97 Å². The Morgan fingerprint density at radius 1 is 1.46 bits per heavy atom. The predicted molar refractivity (Wildman–Crippen MR) is 47.8 cm³/mol. The second kappa shape index (κ2) is 3.94. The highest BCUT2D eigenvalue weighted by Crippen LogP contribution is 2.26. The van der Waals surface area contributed by atoms with Gasteiger partial charge in [-0.25, -0.2) is 4.39 Å². The highest BCUT2D eigenvalue weighted by Gasteiger charge is 2.09. The van der Waals surface area contributed by atoms with Gasteiger partial charge in [-0.05, 0) is 17.7 Å². The Labute approximate surface area is 83.9 Å². The predicted octanol–water partition coefficient (Wildman–Crippen LogP) is 2.76. The molecule has 0 saturated heterocycles. The number of carbonyl (C=O) groups is 1. The number of halogens is 3. The van der Waals surface area contributed by atoms with Gasteiger partial charge in [0, 0.05) is 0 Å². The normalized spacial score (nSPS) is 10.1. The van der Waals surface area contributed by atoms with Gasteiger partial charge in [-0.2, -0.15) is 0 Å². The monoisotopic (exact) mass is 222 g/mol. The van der Waals surface area contributed by atoms with E-state index in [0.29, 0.717) is 5.56 Å². The number of carboxylic acids is 1. The molecule has 1 rings (SSSR count). The van der Waals surface area contributed by atoms with Crippen LogP contribution < -0.4 is 0 Å². The summed E-state index contributed by atoms with van der Waals surface area (Å²) in [6.45, 7) is 0. The average molecular weight is 223 g/mol. The average Bonchev–Trinajstić information content (AvgIpc) is 1.98. The van der Waals surface area contributed by atoms with Gasteiger partial charge < -0.3 is 5.11 Å². The molecule has 0 amide bonds. The van der Waals surface area contributed by atoms with Crippen LogP contribution in [-0.4, -0.2) is 11.1 Å². The Kier molecular flexibility index (Phi) is 3.12. The molecule has 0 unspecified atom stereocenters. The summed E-state index contributed by atoms with van der Waals surface area (Å²) in [5.74, 6) is -1.75. The van der Waals surface area contributed by atoms with Crippen LogP contribution in [0.3, 0.4) is 0 Å². The Morgan fingerprint density at radius 2 is 2.08 bits per heavy atom. The largest absolute Gasteiger partial charge is 0.481 e. The lowest BCUT2D eigenvalue weighted by molar-refractivity contribution is -0.136. The van der Waals surface area contributed by atoms with Crippen molar-refractivity contribution in [3.63, 3.8) is 0 Å². The topological polar surface area (TPSA) is 37.3 Å². The smallest absolute Gasteiger partial charge is 0.307 e. The van der Waals surface area contributed by atoms with Crippen LogP contribution in [0.1, 0.15) is 5.56 Å². The minimum Gasteiger partial charge on any atom is -0.481 e. The van der Waals surface area contributed by atoms with E-state index in [1.165, 1.54) is 6.07 Å². The quantitative estimate of drug-likeness (QED) is 0.782. The van der Waals surface area contributed by atoms with Gasteiger partial charge in [0.15, 0.2) is 0 Å². The highest BCUT2D eigenvalue weighted by molar-refractivity contribution is 6.42. The molecule has 0 spiro atoms. The summed E-state index contributed by atoms with van der Waals surface area (Å²) in [6.07, 6.45) is -0.270. The van der Waals surface area contributed by atoms with Gasteiger partial charge in [-0.15, -0.1) is 0 Å². The highest BCUT2D eigenvalue weighted by atomic mass is 35.5. The van der Waals surface area contributed by atoms with Crippen LogP contribution >= 0.6 is 23.2 Å². The molecule has 1 aromatic rings. The molecule has 0 aromatic heterocycles. The zero-order valence-corrected chi connectivity index (χ0v) is 7.86. The Morgan fingerprint density at radius 3 is 2.54 bits per heavy atom. The lowest BCUT2D eigenvalue weighted by atomic mass is 10.1. The Balaban J connectivity index is 3.06. The van der Waals surface area contributed by atoms with Crippen LogP contribution in [0.4, 0.5) is 4.39 Å². The van der Waals surface area contributed by atoms with Crippen molar-refractivity contribution in [2.75, 3.05) is 0 Å². The molecular weight excluding hydrogens is 218 g/mol. The molecular formula is C8H5Cl2FO2. The van der Waals surface area contributed by atoms with Crippen molar-refractivity contribution >= 4 is 29.2 Å². The summed E-state index contributed by atoms with van der Waals surface area (Å²) in [7, 11) is 0. The molecule has 0 heterocycles. The molecule has 0 radical (unpaired) electrons. The fourth-order valence-corrected chi connectivity index (χ4v) is 1.22. The van der Waals surface area contributed by atoms with E-state index in [9.17, 15) is 9.18 Å². The standard InChI is InChI=1S/C8H5Cl2FO2/c9-5-1-4(3-7(12)13)2-6(11)8(5)10/h1-2H,3H2,(H,12,13). The third-order valence-corrected chi connectivity index (χ3v) is 2.18. The van der Waals surface area contributed by atoms with Crippen LogP contribution in [0, 0.1) is 5.82 Å². The van der Waals surface area contributed by atoms with E-state index < -0.39 is 11.8 Å². The van der Waals surface area contributed by atoms with Crippen molar-refractivity contribution in [3.8, 4) is 0 Å². The first kappa shape index (κ1) is 10.3. The molecule has 13 heavy (non-hydrogen) atoms. The van der Waals surface area contributed by atoms with Crippen LogP contribution in [-0.2, 0) is 11.2 Å². The Bertz CT molecular complexity index is 329. The summed E-state index contributed by atoms with van der Waals surface area (Å²) in [5.41, 5.74) is 0.291. The van der Waals surface area contributed by atoms with E-state index in [4.69, 9.17) is 28.3 Å². The lowest BCUT2D eigenvalue weighted by Gasteiger charge is -2.01. The van der Waals surface area contributed by atoms with Gasteiger partial charge in [0.05, 0.1) is 16.5 Å². The minimum atomic E-state index is -1.04. The maximum Gasteiger partial charge on any atom is 0.307 e. The van der Waals surface area contributed by atoms with E-state index in [2.05, 4.69) is 0 Å². The molecule has 5 heteroatoms. The van der Waals surface area contributed by atoms with Gasteiger partial charge in [0.1, 0.15) is 5.82 Å². The number of aliphatic carboxylic acids is 1. The van der Waals surface area contributed by atoms with Crippen molar-refractivity contribution in [3.05, 3.63) is 33.6 Å². The fraction of sp³-hybridized carbons (Fsp3) is 0.125. The molecule has 0 atom stereocenters. The first-order chi connectivity index (χ1) is 6.00. The fourth-order valence-electron chi connectivity index (χ4n) is 0.885. The molecule has 0 aliphatic carbocycles. The van der Waals surface area contributed by atoms with Gasteiger partial charge in [-0.1, -0.05) is 23.2 Å². The lowest BCUT2D eigenvalue weighted by Crippen LogP contribution is -2.00. The van der Waals surface area contributed by atoms with E-state index in [-0.39, 0.29) is 16.5 Å². The van der Waals surface area contributed by atoms with Gasteiger partial charge in [0.2, 0.25) is 0 Å². The Hall–Kier alpha value is -0.800. The van der Waals surface area contributed by atoms with Crippen LogP contribution in [0.5, 0.6) is 0 Å². The maximum atomic E-state index is 12.9. The molecule has 70 valence electrons. The zero-order chi connectivity index (χ0) is 10.0. The van der Waals surface area contributed by atoms with E-state index >= 15 is 0 Å². The summed E-state index contributed by atoms with van der Waals surface area (Å²) in [4.78, 5) is 10.3. The van der Waals surface area contributed by atoms with E-state index in [1.807, 2.05) is 0 Å². The third-order valence-electron chi connectivity index (χ3n) is 1.40. The minimum absolute atomic E-state index is 0.0258. The molecule has 2 nitrogen and oxygen atoms in total. The molecule has 1 aromatic carbocycles. The first-order valence-electron chi connectivity index (χ1n) is 3.36. The van der Waals surface area contributed by atoms with Crippen LogP contribution in [0.25, 0.3) is 0 Å². The molecule has 0 bridgehead atoms. The van der Waals surface area contributed by atoms with E-state index in [0.717, 1.165) is 6.07 Å². The first-order valence-corrected chi connectivity index (χ1v) is 4.11. The van der Waals surface area contributed by atoms with Crippen molar-refractivity contribution in [1.29, 1.82) is 0 Å².